The van der Waals surface area contributed by atoms with E-state index in [-0.39, 0.29) is 11.8 Å². The number of hydrogen-bond acceptors (Lipinski definition) is 2. The first-order valence-corrected chi connectivity index (χ1v) is 5.41. The van der Waals surface area contributed by atoms with E-state index in [4.69, 9.17) is 4.84 Å². The van der Waals surface area contributed by atoms with Gasteiger partial charge in [-0.05, 0) is 18.4 Å². The minimum Gasteiger partial charge on any atom is -0.275 e. The van der Waals surface area contributed by atoms with E-state index in [0.29, 0.717) is 6.42 Å². The molecule has 0 aliphatic heterocycles. The fraction of sp³-hybridized carbons (Fsp3) is 0.462. The van der Waals surface area contributed by atoms with E-state index in [1.807, 2.05) is 6.92 Å². The number of aryl methyl sites for hydroxylation is 1. The lowest BCUT2D eigenvalue weighted by molar-refractivity contribution is -0.169. The average molecular weight is 221 g/mol. The van der Waals surface area contributed by atoms with E-state index in [2.05, 4.69) is 31.2 Å². The minimum absolute atomic E-state index is 0.00410. The van der Waals surface area contributed by atoms with Crippen molar-refractivity contribution < 1.29 is 9.63 Å². The second-order valence-corrected chi connectivity index (χ2v) is 4.09. The zero-order valence-corrected chi connectivity index (χ0v) is 10.4. The van der Waals surface area contributed by atoms with Gasteiger partial charge in [0.1, 0.15) is 0 Å². The Kier molecular flexibility index (Phi) is 4.50. The molecule has 0 heterocycles. The van der Waals surface area contributed by atoms with Crippen molar-refractivity contribution in [3.05, 3.63) is 35.4 Å². The third kappa shape index (κ3) is 3.35. The Bertz CT molecular complexity index is 345. The number of carbonyl (C=O) groups is 1. The van der Waals surface area contributed by atoms with Gasteiger partial charge < -0.3 is 0 Å². The van der Waals surface area contributed by atoms with Crippen LogP contribution in [0, 0.1) is 6.92 Å². The van der Waals surface area contributed by atoms with E-state index in [1.165, 1.54) is 23.3 Å². The zero-order valence-electron chi connectivity index (χ0n) is 10.4. The summed E-state index contributed by atoms with van der Waals surface area (Å²) < 4.78 is 0. The molecule has 3 heteroatoms. The highest BCUT2D eigenvalue weighted by molar-refractivity contribution is 5.75. The summed E-state index contributed by atoms with van der Waals surface area (Å²) in [5, 5.41) is 1.27. The van der Waals surface area contributed by atoms with Gasteiger partial charge in [-0.1, -0.05) is 36.8 Å². The van der Waals surface area contributed by atoms with E-state index in [1.54, 1.807) is 7.05 Å². The average Bonchev–Trinajstić information content (AvgIpc) is 2.28. The molecule has 0 N–H and O–H groups in total. The summed E-state index contributed by atoms with van der Waals surface area (Å²) in [6.45, 7) is 4.10. The molecule has 0 aromatic heterocycles. The molecule has 0 aliphatic carbocycles. The molecule has 1 aromatic rings. The Labute approximate surface area is 97.0 Å². The fourth-order valence-electron chi connectivity index (χ4n) is 1.51. The number of carbonyl (C=O) groups excluding carboxylic acids is 1. The molecule has 0 radical (unpaired) electrons. The summed E-state index contributed by atoms with van der Waals surface area (Å²) in [5.41, 5.74) is 2.42. The van der Waals surface area contributed by atoms with Crippen molar-refractivity contribution in [2.75, 3.05) is 14.2 Å². The van der Waals surface area contributed by atoms with Crippen molar-refractivity contribution in [1.29, 1.82) is 0 Å². The Morgan fingerprint density at radius 1 is 1.38 bits per heavy atom. The first kappa shape index (κ1) is 12.7. The predicted octanol–water partition coefficient (Wildman–Crippen LogP) is 2.51. The molecule has 0 bridgehead atoms. The van der Waals surface area contributed by atoms with E-state index in [9.17, 15) is 4.79 Å². The predicted molar refractivity (Wildman–Crippen MR) is 64.0 cm³/mol. The fourth-order valence-corrected chi connectivity index (χ4v) is 1.51. The molecule has 88 valence electrons. The van der Waals surface area contributed by atoms with Gasteiger partial charge in [-0.25, -0.2) is 5.06 Å². The Morgan fingerprint density at radius 2 is 1.94 bits per heavy atom. The Balaban J connectivity index is 2.62. The second-order valence-electron chi connectivity index (χ2n) is 4.09. The van der Waals surface area contributed by atoms with E-state index >= 15 is 0 Å². The molecule has 1 aromatic carbocycles. The monoisotopic (exact) mass is 221 g/mol. The maximum absolute atomic E-state index is 11.6. The maximum Gasteiger partial charge on any atom is 0.246 e. The second kappa shape index (κ2) is 5.66. The van der Waals surface area contributed by atoms with Crippen LogP contribution in [0.4, 0.5) is 0 Å². The Hall–Kier alpha value is -1.35. The van der Waals surface area contributed by atoms with Gasteiger partial charge in [0, 0.05) is 13.5 Å². The summed E-state index contributed by atoms with van der Waals surface area (Å²) in [6.07, 6.45) is 0.466. The van der Waals surface area contributed by atoms with Crippen molar-refractivity contribution in [3.8, 4) is 0 Å². The largest absolute Gasteiger partial charge is 0.275 e. The lowest BCUT2D eigenvalue weighted by Crippen LogP contribution is -2.26. The topological polar surface area (TPSA) is 29.5 Å². The minimum atomic E-state index is -0.00410. The molecule has 0 spiro atoms. The third-order valence-electron chi connectivity index (χ3n) is 2.75. The van der Waals surface area contributed by atoms with Gasteiger partial charge in [-0.3, -0.25) is 9.63 Å². The first-order valence-electron chi connectivity index (χ1n) is 5.41. The number of rotatable bonds is 4. The van der Waals surface area contributed by atoms with Gasteiger partial charge in [0.15, 0.2) is 0 Å². The van der Waals surface area contributed by atoms with Crippen LogP contribution in [-0.2, 0) is 9.63 Å². The van der Waals surface area contributed by atoms with Crippen LogP contribution in [0.3, 0.4) is 0 Å². The van der Waals surface area contributed by atoms with Crippen LogP contribution < -0.4 is 0 Å². The SMILES string of the molecule is CON(C)C(=O)C[C@@H](C)c1ccc(C)cc1. The quantitative estimate of drug-likeness (QED) is 0.731. The van der Waals surface area contributed by atoms with Gasteiger partial charge in [0.05, 0.1) is 7.11 Å². The smallest absolute Gasteiger partial charge is 0.246 e. The van der Waals surface area contributed by atoms with Crippen molar-refractivity contribution in [3.63, 3.8) is 0 Å². The highest BCUT2D eigenvalue weighted by Crippen LogP contribution is 2.20. The maximum atomic E-state index is 11.6. The highest BCUT2D eigenvalue weighted by atomic mass is 16.7. The van der Waals surface area contributed by atoms with Crippen molar-refractivity contribution in [2.24, 2.45) is 0 Å². The highest BCUT2D eigenvalue weighted by Gasteiger charge is 2.14. The lowest BCUT2D eigenvalue weighted by Gasteiger charge is -2.17. The molecule has 1 amide bonds. The van der Waals surface area contributed by atoms with Crippen LogP contribution in [0.5, 0.6) is 0 Å². The Morgan fingerprint density at radius 3 is 2.44 bits per heavy atom. The van der Waals surface area contributed by atoms with Crippen LogP contribution in [0.2, 0.25) is 0 Å². The summed E-state index contributed by atoms with van der Waals surface area (Å²) >= 11 is 0. The molecule has 3 nitrogen and oxygen atoms in total. The van der Waals surface area contributed by atoms with Crippen LogP contribution in [0.1, 0.15) is 30.4 Å². The molecule has 16 heavy (non-hydrogen) atoms. The molecule has 0 aliphatic rings. The van der Waals surface area contributed by atoms with E-state index < -0.39 is 0 Å². The van der Waals surface area contributed by atoms with Crippen LogP contribution in [-0.4, -0.2) is 25.1 Å². The first-order chi connectivity index (χ1) is 7.54. The van der Waals surface area contributed by atoms with Crippen molar-refractivity contribution in [2.45, 2.75) is 26.2 Å². The standard InChI is InChI=1S/C13H19NO2/c1-10-5-7-12(8-6-10)11(2)9-13(15)14(3)16-4/h5-8,11H,9H2,1-4H3/t11-/m1/s1. The number of amides is 1. The summed E-state index contributed by atoms with van der Waals surface area (Å²) in [6, 6.07) is 8.27. The van der Waals surface area contributed by atoms with Crippen LogP contribution in [0.25, 0.3) is 0 Å². The summed E-state index contributed by atoms with van der Waals surface area (Å²) in [7, 11) is 3.12. The molecule has 0 fully saturated rings. The lowest BCUT2D eigenvalue weighted by atomic mass is 9.96. The van der Waals surface area contributed by atoms with Gasteiger partial charge in [0.2, 0.25) is 5.91 Å². The number of nitrogens with zero attached hydrogens (tertiary/aromatic N) is 1. The zero-order chi connectivity index (χ0) is 12.1. The van der Waals surface area contributed by atoms with Crippen molar-refractivity contribution >= 4 is 5.91 Å². The molecule has 0 unspecified atom stereocenters. The summed E-state index contributed by atoms with van der Waals surface area (Å²) in [4.78, 5) is 16.5. The normalized spacial score (nSPS) is 12.2. The molecule has 0 saturated carbocycles. The summed E-state index contributed by atoms with van der Waals surface area (Å²) in [5.74, 6) is 0.210. The van der Waals surface area contributed by atoms with Crippen LogP contribution in [0.15, 0.2) is 24.3 Å². The number of hydroxylamine groups is 2. The van der Waals surface area contributed by atoms with Gasteiger partial charge in [-0.2, -0.15) is 0 Å². The molecule has 1 atom stereocenters. The molecule has 1 rings (SSSR count). The number of hydrogen-bond donors (Lipinski definition) is 0. The third-order valence-corrected chi connectivity index (χ3v) is 2.75. The van der Waals surface area contributed by atoms with E-state index in [0.717, 1.165) is 0 Å². The van der Waals surface area contributed by atoms with Gasteiger partial charge in [0.25, 0.3) is 0 Å². The van der Waals surface area contributed by atoms with Gasteiger partial charge >= 0.3 is 0 Å². The van der Waals surface area contributed by atoms with Crippen LogP contribution >= 0.6 is 0 Å². The van der Waals surface area contributed by atoms with Gasteiger partial charge in [-0.15, -0.1) is 0 Å². The van der Waals surface area contributed by atoms with Crippen molar-refractivity contribution in [1.82, 2.24) is 5.06 Å². The molecular weight excluding hydrogens is 202 g/mol. The number of benzene rings is 1. The molecule has 0 saturated heterocycles. The molecular formula is C13H19NO2.